The van der Waals surface area contributed by atoms with Gasteiger partial charge < -0.3 is 15.2 Å². The van der Waals surface area contributed by atoms with Crippen LogP contribution in [0.2, 0.25) is 0 Å². The number of para-hydroxylation sites is 1. The molecule has 0 aliphatic carbocycles. The highest BCUT2D eigenvalue weighted by molar-refractivity contribution is 9.10. The van der Waals surface area contributed by atoms with E-state index in [2.05, 4.69) is 20.7 Å². The van der Waals surface area contributed by atoms with Gasteiger partial charge in [-0.2, -0.15) is 0 Å². The number of esters is 1. The summed E-state index contributed by atoms with van der Waals surface area (Å²) in [6.45, 7) is -0.149. The molecule has 0 aliphatic rings. The number of hydrogen-bond donors (Lipinski definition) is 1. The molecule has 0 saturated carbocycles. The predicted molar refractivity (Wildman–Crippen MR) is 56.1 cm³/mol. The number of ether oxygens (including phenoxy) is 2. The topological polar surface area (TPSA) is 61.5 Å². The zero-order valence-corrected chi connectivity index (χ0v) is 9.21. The lowest BCUT2D eigenvalue weighted by atomic mass is 10.3. The van der Waals surface area contributed by atoms with E-state index in [1.165, 1.54) is 7.11 Å². The maximum Gasteiger partial charge on any atom is 0.343 e. The third-order valence-electron chi connectivity index (χ3n) is 1.56. The van der Waals surface area contributed by atoms with Crippen LogP contribution in [0.5, 0.6) is 5.75 Å². The number of benzene rings is 1. The SMILES string of the molecule is COC(=O)COc1c(N)cccc1Br. The number of carbonyl (C=O) groups excluding carboxylic acids is 1. The Bertz CT molecular complexity index is 321. The van der Waals surface area contributed by atoms with Gasteiger partial charge in [-0.25, -0.2) is 4.79 Å². The fraction of sp³-hybridized carbons (Fsp3) is 0.222. The maximum absolute atomic E-state index is 10.8. The minimum atomic E-state index is -0.444. The first-order valence-electron chi connectivity index (χ1n) is 3.88. The van der Waals surface area contributed by atoms with Gasteiger partial charge in [0.2, 0.25) is 0 Å². The van der Waals surface area contributed by atoms with Gasteiger partial charge in [0.25, 0.3) is 0 Å². The quantitative estimate of drug-likeness (QED) is 0.662. The Morgan fingerprint density at radius 2 is 2.29 bits per heavy atom. The predicted octanol–water partition coefficient (Wildman–Crippen LogP) is 1.58. The van der Waals surface area contributed by atoms with Crippen molar-refractivity contribution in [1.29, 1.82) is 0 Å². The molecule has 0 spiro atoms. The van der Waals surface area contributed by atoms with Crippen LogP contribution in [-0.4, -0.2) is 19.7 Å². The molecule has 0 amide bonds. The lowest BCUT2D eigenvalue weighted by Gasteiger charge is -2.08. The number of carbonyl (C=O) groups is 1. The molecule has 0 radical (unpaired) electrons. The summed E-state index contributed by atoms with van der Waals surface area (Å²) in [5, 5.41) is 0. The molecule has 0 heterocycles. The molecule has 0 bridgehead atoms. The highest BCUT2D eigenvalue weighted by Crippen LogP contribution is 2.30. The molecule has 4 nitrogen and oxygen atoms in total. The Morgan fingerprint density at radius 3 is 2.86 bits per heavy atom. The second-order valence-electron chi connectivity index (χ2n) is 2.52. The second kappa shape index (κ2) is 4.85. The van der Waals surface area contributed by atoms with Gasteiger partial charge >= 0.3 is 5.97 Å². The van der Waals surface area contributed by atoms with Gasteiger partial charge in [-0.3, -0.25) is 0 Å². The Balaban J connectivity index is 2.71. The van der Waals surface area contributed by atoms with E-state index >= 15 is 0 Å². The third-order valence-corrected chi connectivity index (χ3v) is 2.18. The number of anilines is 1. The van der Waals surface area contributed by atoms with E-state index in [9.17, 15) is 4.79 Å². The first-order valence-corrected chi connectivity index (χ1v) is 4.68. The van der Waals surface area contributed by atoms with Crippen LogP contribution in [0.1, 0.15) is 0 Å². The highest BCUT2D eigenvalue weighted by Gasteiger charge is 2.07. The number of hydrogen-bond acceptors (Lipinski definition) is 4. The van der Waals surface area contributed by atoms with E-state index in [1.54, 1.807) is 18.2 Å². The van der Waals surface area contributed by atoms with Crippen molar-refractivity contribution in [2.45, 2.75) is 0 Å². The van der Waals surface area contributed by atoms with Gasteiger partial charge in [0, 0.05) is 0 Å². The standard InChI is InChI=1S/C9H10BrNO3/c1-13-8(12)5-14-9-6(10)3-2-4-7(9)11/h2-4H,5,11H2,1H3. The summed E-state index contributed by atoms with van der Waals surface area (Å²) in [6.07, 6.45) is 0. The molecule has 2 N–H and O–H groups in total. The Labute approximate surface area is 90.1 Å². The fourth-order valence-corrected chi connectivity index (χ4v) is 1.36. The van der Waals surface area contributed by atoms with Crippen molar-refractivity contribution in [3.8, 4) is 5.75 Å². The molecular weight excluding hydrogens is 250 g/mol. The van der Waals surface area contributed by atoms with Gasteiger partial charge in [0.1, 0.15) is 0 Å². The number of rotatable bonds is 3. The molecule has 0 aliphatic heterocycles. The molecule has 5 heteroatoms. The summed E-state index contributed by atoms with van der Waals surface area (Å²) in [7, 11) is 1.30. The smallest absolute Gasteiger partial charge is 0.343 e. The van der Waals surface area contributed by atoms with Gasteiger partial charge in [-0.1, -0.05) is 6.07 Å². The van der Waals surface area contributed by atoms with Crippen molar-refractivity contribution < 1.29 is 14.3 Å². The third kappa shape index (κ3) is 2.63. The van der Waals surface area contributed by atoms with Crippen LogP contribution in [0.25, 0.3) is 0 Å². The van der Waals surface area contributed by atoms with Crippen molar-refractivity contribution in [1.82, 2.24) is 0 Å². The molecule has 14 heavy (non-hydrogen) atoms. The second-order valence-corrected chi connectivity index (χ2v) is 3.38. The van der Waals surface area contributed by atoms with Gasteiger partial charge in [-0.05, 0) is 28.1 Å². The number of halogens is 1. The Hall–Kier alpha value is -1.23. The van der Waals surface area contributed by atoms with Crippen LogP contribution in [-0.2, 0) is 9.53 Å². The summed E-state index contributed by atoms with van der Waals surface area (Å²) in [5.74, 6) is 0.0121. The lowest BCUT2D eigenvalue weighted by Crippen LogP contribution is -2.13. The molecule has 1 aromatic carbocycles. The molecule has 1 rings (SSSR count). The molecule has 0 fully saturated rings. The van der Waals surface area contributed by atoms with Crippen molar-refractivity contribution >= 4 is 27.6 Å². The number of methoxy groups -OCH3 is 1. The van der Waals surface area contributed by atoms with Crippen molar-refractivity contribution in [3.05, 3.63) is 22.7 Å². The summed E-state index contributed by atoms with van der Waals surface area (Å²) in [4.78, 5) is 10.8. The maximum atomic E-state index is 10.8. The van der Waals surface area contributed by atoms with Crippen molar-refractivity contribution in [2.24, 2.45) is 0 Å². The summed E-state index contributed by atoms with van der Waals surface area (Å²) < 4.78 is 10.3. The number of nitrogen functional groups attached to an aromatic ring is 1. The Kier molecular flexibility index (Phi) is 3.76. The van der Waals surface area contributed by atoms with Crippen LogP contribution in [0.15, 0.2) is 22.7 Å². The van der Waals surface area contributed by atoms with Crippen molar-refractivity contribution in [2.75, 3.05) is 19.5 Å². The van der Waals surface area contributed by atoms with Crippen LogP contribution in [0, 0.1) is 0 Å². The van der Waals surface area contributed by atoms with E-state index in [4.69, 9.17) is 10.5 Å². The molecule has 76 valence electrons. The molecule has 0 atom stereocenters. The van der Waals surface area contributed by atoms with E-state index in [-0.39, 0.29) is 6.61 Å². The summed E-state index contributed by atoms with van der Waals surface area (Å²) in [5.41, 5.74) is 6.12. The first-order chi connectivity index (χ1) is 6.65. The van der Waals surface area contributed by atoms with E-state index in [0.717, 1.165) is 0 Å². The van der Waals surface area contributed by atoms with E-state index < -0.39 is 5.97 Å². The fourth-order valence-electron chi connectivity index (χ4n) is 0.868. The number of nitrogens with two attached hydrogens (primary N) is 1. The van der Waals surface area contributed by atoms with E-state index in [1.807, 2.05) is 0 Å². The van der Waals surface area contributed by atoms with Crippen LogP contribution < -0.4 is 10.5 Å². The minimum absolute atomic E-state index is 0.149. The summed E-state index contributed by atoms with van der Waals surface area (Å²) in [6, 6.07) is 5.25. The Morgan fingerprint density at radius 1 is 1.57 bits per heavy atom. The molecule has 0 unspecified atom stereocenters. The van der Waals surface area contributed by atoms with Crippen LogP contribution >= 0.6 is 15.9 Å². The lowest BCUT2D eigenvalue weighted by molar-refractivity contribution is -0.142. The normalized spacial score (nSPS) is 9.57. The average Bonchev–Trinajstić information content (AvgIpc) is 2.16. The van der Waals surface area contributed by atoms with Gasteiger partial charge in [0.15, 0.2) is 12.4 Å². The highest BCUT2D eigenvalue weighted by atomic mass is 79.9. The van der Waals surface area contributed by atoms with Gasteiger partial charge in [-0.15, -0.1) is 0 Å². The summed E-state index contributed by atoms with van der Waals surface area (Å²) >= 11 is 3.26. The molecular formula is C9H10BrNO3. The molecule has 1 aromatic rings. The first kappa shape index (κ1) is 10.8. The van der Waals surface area contributed by atoms with Gasteiger partial charge in [0.05, 0.1) is 17.3 Å². The van der Waals surface area contributed by atoms with Crippen LogP contribution in [0.4, 0.5) is 5.69 Å². The molecule has 0 aromatic heterocycles. The van der Waals surface area contributed by atoms with Crippen molar-refractivity contribution in [3.63, 3.8) is 0 Å². The monoisotopic (exact) mass is 259 g/mol. The zero-order chi connectivity index (χ0) is 10.6. The zero-order valence-electron chi connectivity index (χ0n) is 7.62. The van der Waals surface area contributed by atoms with Crippen LogP contribution in [0.3, 0.4) is 0 Å². The van der Waals surface area contributed by atoms with E-state index in [0.29, 0.717) is 15.9 Å². The molecule has 0 saturated heterocycles. The minimum Gasteiger partial charge on any atom is -0.479 e. The largest absolute Gasteiger partial charge is 0.479 e. The average molecular weight is 260 g/mol.